The number of hydrogen-bond acceptors (Lipinski definition) is 1. The van der Waals surface area contributed by atoms with Crippen LogP contribution in [0.3, 0.4) is 0 Å². The van der Waals surface area contributed by atoms with Gasteiger partial charge >= 0.3 is 0 Å². The quantitative estimate of drug-likeness (QED) is 0.757. The summed E-state index contributed by atoms with van der Waals surface area (Å²) in [4.78, 5) is 12.1. The summed E-state index contributed by atoms with van der Waals surface area (Å²) < 4.78 is 0. The van der Waals surface area contributed by atoms with Gasteiger partial charge < -0.3 is 0 Å². The lowest BCUT2D eigenvalue weighted by molar-refractivity contribution is -0.115. The maximum atomic E-state index is 12.1. The van der Waals surface area contributed by atoms with E-state index in [0.717, 1.165) is 29.9 Å². The minimum atomic E-state index is 0.302. The Morgan fingerprint density at radius 3 is 2.47 bits per heavy atom. The van der Waals surface area contributed by atoms with Gasteiger partial charge in [0, 0.05) is 11.4 Å². The van der Waals surface area contributed by atoms with Gasteiger partial charge in [-0.3, -0.25) is 4.79 Å². The molecule has 1 aliphatic rings. The molecule has 0 unspecified atom stereocenters. The van der Waals surface area contributed by atoms with Crippen LogP contribution in [0.1, 0.15) is 44.2 Å². The molecule has 2 heteroatoms. The van der Waals surface area contributed by atoms with E-state index in [4.69, 9.17) is 11.6 Å². The number of hydrogen-bond donors (Lipinski definition) is 0. The minimum Gasteiger partial charge on any atom is -0.295 e. The lowest BCUT2D eigenvalue weighted by atomic mass is 9.93. The molecule has 0 aromatic heterocycles. The summed E-state index contributed by atoms with van der Waals surface area (Å²) in [5.41, 5.74) is 4.62. The number of aryl methyl sites for hydroxylation is 1. The number of benzene rings is 1. The molecule has 2 rings (SSSR count). The van der Waals surface area contributed by atoms with Crippen LogP contribution in [0.2, 0.25) is 5.02 Å². The van der Waals surface area contributed by atoms with Gasteiger partial charge in [0.05, 0.1) is 0 Å². The van der Waals surface area contributed by atoms with Crippen molar-refractivity contribution < 1.29 is 4.79 Å². The molecule has 1 nitrogen and oxygen atoms in total. The van der Waals surface area contributed by atoms with Crippen LogP contribution in [0, 0.1) is 0 Å². The highest BCUT2D eigenvalue weighted by Crippen LogP contribution is 2.33. The average molecular weight is 249 g/mol. The van der Waals surface area contributed by atoms with Crippen molar-refractivity contribution in [3.63, 3.8) is 0 Å². The molecule has 0 atom stereocenters. The zero-order valence-corrected chi connectivity index (χ0v) is 11.1. The first-order chi connectivity index (χ1) is 8.17. The second-order valence-electron chi connectivity index (χ2n) is 4.39. The van der Waals surface area contributed by atoms with Crippen molar-refractivity contribution in [3.05, 3.63) is 39.9 Å². The molecular weight excluding hydrogens is 232 g/mol. The Bertz CT molecular complexity index is 486. The fourth-order valence-electron chi connectivity index (χ4n) is 2.59. The Morgan fingerprint density at radius 1 is 1.12 bits per heavy atom. The van der Waals surface area contributed by atoms with E-state index in [0.29, 0.717) is 12.2 Å². The van der Waals surface area contributed by atoms with Gasteiger partial charge in [-0.25, -0.2) is 0 Å². The van der Waals surface area contributed by atoms with Gasteiger partial charge in [0.2, 0.25) is 0 Å². The largest absolute Gasteiger partial charge is 0.295 e. The topological polar surface area (TPSA) is 17.1 Å². The zero-order valence-electron chi connectivity index (χ0n) is 10.3. The molecule has 0 heterocycles. The Hall–Kier alpha value is -1.08. The van der Waals surface area contributed by atoms with Gasteiger partial charge in [0.25, 0.3) is 0 Å². The number of fused-ring (bicyclic) bond motifs is 1. The van der Waals surface area contributed by atoms with Gasteiger partial charge in [-0.15, -0.1) is 0 Å². The summed E-state index contributed by atoms with van der Waals surface area (Å²) in [5.74, 6) is 0.302. The molecule has 0 aliphatic heterocycles. The number of carbonyl (C=O) groups is 1. The highest BCUT2D eigenvalue weighted by molar-refractivity contribution is 6.30. The number of Topliss-reactive ketones (excluding diaryl/α,β-unsaturated/α-hetero) is 1. The van der Waals surface area contributed by atoms with E-state index in [1.54, 1.807) is 0 Å². The molecule has 1 aromatic carbocycles. The van der Waals surface area contributed by atoms with E-state index in [9.17, 15) is 4.79 Å². The van der Waals surface area contributed by atoms with Crippen molar-refractivity contribution in [2.24, 2.45) is 0 Å². The molecule has 1 aliphatic carbocycles. The molecule has 0 saturated heterocycles. The van der Waals surface area contributed by atoms with E-state index >= 15 is 0 Å². The Kier molecular flexibility index (Phi) is 3.68. The molecule has 90 valence electrons. The molecule has 0 N–H and O–H groups in total. The summed E-state index contributed by atoms with van der Waals surface area (Å²) in [6, 6.07) is 5.97. The molecule has 0 bridgehead atoms. The van der Waals surface area contributed by atoms with Gasteiger partial charge in [0.15, 0.2) is 5.78 Å². The second-order valence-corrected chi connectivity index (χ2v) is 4.83. The number of rotatable bonds is 2. The van der Waals surface area contributed by atoms with Crippen molar-refractivity contribution >= 4 is 23.0 Å². The predicted molar refractivity (Wildman–Crippen MR) is 72.3 cm³/mol. The van der Waals surface area contributed by atoms with E-state index in [2.05, 4.69) is 19.9 Å². The Labute approximate surface area is 107 Å². The Balaban J connectivity index is 2.66. The van der Waals surface area contributed by atoms with E-state index in [1.165, 1.54) is 16.7 Å². The number of carbonyl (C=O) groups excluding carboxylic acids is 1. The third kappa shape index (κ3) is 2.30. The number of halogens is 1. The summed E-state index contributed by atoms with van der Waals surface area (Å²) in [6.07, 6.45) is 3.16. The molecule has 0 spiro atoms. The monoisotopic (exact) mass is 248 g/mol. The number of allylic oxidation sites excluding steroid dienone is 2. The smallest absolute Gasteiger partial charge is 0.159 e. The van der Waals surface area contributed by atoms with E-state index < -0.39 is 0 Å². The minimum absolute atomic E-state index is 0.302. The van der Waals surface area contributed by atoms with Gasteiger partial charge in [-0.05, 0) is 53.7 Å². The maximum absolute atomic E-state index is 12.1. The highest BCUT2D eigenvalue weighted by atomic mass is 35.5. The van der Waals surface area contributed by atoms with Crippen molar-refractivity contribution in [1.29, 1.82) is 0 Å². The van der Waals surface area contributed by atoms with E-state index in [1.807, 2.05) is 12.1 Å². The van der Waals surface area contributed by atoms with Crippen LogP contribution >= 0.6 is 11.6 Å². The van der Waals surface area contributed by atoms with Gasteiger partial charge in [0.1, 0.15) is 0 Å². The first-order valence-corrected chi connectivity index (χ1v) is 6.59. The van der Waals surface area contributed by atoms with Gasteiger partial charge in [-0.1, -0.05) is 31.5 Å². The first kappa shape index (κ1) is 12.4. The second kappa shape index (κ2) is 5.05. The van der Waals surface area contributed by atoms with Crippen molar-refractivity contribution in [1.82, 2.24) is 0 Å². The molecule has 0 saturated carbocycles. The molecule has 0 radical (unpaired) electrons. The normalized spacial score (nSPS) is 15.8. The summed E-state index contributed by atoms with van der Waals surface area (Å²) in [5, 5.41) is 0.750. The molecular formula is C15H17ClO. The number of ketones is 1. The first-order valence-electron chi connectivity index (χ1n) is 6.21. The maximum Gasteiger partial charge on any atom is 0.159 e. The summed E-state index contributed by atoms with van der Waals surface area (Å²) in [7, 11) is 0. The molecule has 0 fully saturated rings. The Morgan fingerprint density at radius 2 is 1.82 bits per heavy atom. The molecule has 0 amide bonds. The fourth-order valence-corrected chi connectivity index (χ4v) is 2.76. The van der Waals surface area contributed by atoms with Crippen molar-refractivity contribution in [3.8, 4) is 0 Å². The standard InChI is InChI=1S/C15H17ClO/c1-3-12-13(4-2)15(17)8-6-10-5-7-11(16)9-14(10)12/h5,7,9H,3-4,6,8H2,1-2H3. The summed E-state index contributed by atoms with van der Waals surface area (Å²) in [6.45, 7) is 4.16. The average Bonchev–Trinajstić information content (AvgIpc) is 2.46. The highest BCUT2D eigenvalue weighted by Gasteiger charge is 2.20. The van der Waals surface area contributed by atoms with Crippen molar-refractivity contribution in [2.45, 2.75) is 39.5 Å². The van der Waals surface area contributed by atoms with Crippen LogP contribution in [-0.4, -0.2) is 5.78 Å². The molecule has 1 aromatic rings. The lowest BCUT2D eigenvalue weighted by Crippen LogP contribution is -2.02. The third-order valence-electron chi connectivity index (χ3n) is 3.43. The van der Waals surface area contributed by atoms with Crippen LogP contribution in [-0.2, 0) is 11.2 Å². The van der Waals surface area contributed by atoms with E-state index in [-0.39, 0.29) is 0 Å². The predicted octanol–water partition coefficient (Wildman–Crippen LogP) is 4.43. The van der Waals surface area contributed by atoms with Crippen LogP contribution in [0.4, 0.5) is 0 Å². The van der Waals surface area contributed by atoms with Crippen LogP contribution in [0.15, 0.2) is 23.8 Å². The van der Waals surface area contributed by atoms with Crippen molar-refractivity contribution in [2.75, 3.05) is 0 Å². The fraction of sp³-hybridized carbons (Fsp3) is 0.400. The summed E-state index contributed by atoms with van der Waals surface area (Å²) >= 11 is 6.07. The van der Waals surface area contributed by atoms with Crippen LogP contribution in [0.25, 0.3) is 5.57 Å². The molecule has 17 heavy (non-hydrogen) atoms. The van der Waals surface area contributed by atoms with Crippen LogP contribution in [0.5, 0.6) is 0 Å². The SMILES string of the molecule is CCC1=C(CC)c2cc(Cl)ccc2CCC1=O. The lowest BCUT2D eigenvalue weighted by Gasteiger charge is -2.12. The third-order valence-corrected chi connectivity index (χ3v) is 3.66. The van der Waals surface area contributed by atoms with Crippen LogP contribution < -0.4 is 0 Å². The van der Waals surface area contributed by atoms with Gasteiger partial charge in [-0.2, -0.15) is 0 Å². The zero-order chi connectivity index (χ0) is 12.4.